The van der Waals surface area contributed by atoms with E-state index >= 15 is 0 Å². The van der Waals surface area contributed by atoms with Crippen molar-refractivity contribution in [1.82, 2.24) is 4.90 Å². The van der Waals surface area contributed by atoms with Gasteiger partial charge in [0.2, 0.25) is 0 Å². The average Bonchev–Trinajstić information content (AvgIpc) is 3.29. The topological polar surface area (TPSA) is 33.5 Å². The molecule has 2 aromatic rings. The highest BCUT2D eigenvalue weighted by molar-refractivity contribution is 5.99. The molecule has 1 aromatic carbocycles. The molecule has 1 aliphatic carbocycles. The average molecular weight is 343 g/mol. The zero-order chi connectivity index (χ0) is 17.6. The predicted molar refractivity (Wildman–Crippen MR) is 80.2 cm³/mol. The number of hydrogen-bond donors (Lipinski definition) is 0. The van der Waals surface area contributed by atoms with Crippen molar-refractivity contribution in [2.24, 2.45) is 5.92 Å². The Morgan fingerprint density at radius 2 is 2.04 bits per heavy atom. The summed E-state index contributed by atoms with van der Waals surface area (Å²) in [7, 11) is 0. The molecule has 0 bridgehead atoms. The van der Waals surface area contributed by atoms with E-state index in [1.54, 1.807) is 13.8 Å². The van der Waals surface area contributed by atoms with Crippen LogP contribution < -0.4 is 0 Å². The van der Waals surface area contributed by atoms with Gasteiger partial charge in [0.15, 0.2) is 5.76 Å². The Hall–Kier alpha value is -2.05. The smallest absolute Gasteiger partial charge is 0.406 e. The second kappa shape index (κ2) is 5.79. The molecule has 1 saturated carbocycles. The zero-order valence-corrected chi connectivity index (χ0v) is 13.3. The minimum atomic E-state index is -4.50. The van der Waals surface area contributed by atoms with E-state index in [-0.39, 0.29) is 17.3 Å². The minimum absolute atomic E-state index is 0.0819. The molecule has 1 unspecified atom stereocenters. The lowest BCUT2D eigenvalue weighted by Crippen LogP contribution is -2.45. The van der Waals surface area contributed by atoms with E-state index < -0.39 is 30.5 Å². The number of furan rings is 1. The minimum Gasteiger partial charge on any atom is -0.451 e. The normalized spacial score (nSPS) is 16.4. The van der Waals surface area contributed by atoms with Crippen molar-refractivity contribution in [2.75, 3.05) is 6.54 Å². The first kappa shape index (κ1) is 16.8. The Kier molecular flexibility index (Phi) is 4.05. The zero-order valence-electron chi connectivity index (χ0n) is 13.3. The Balaban J connectivity index is 1.98. The molecule has 0 N–H and O–H groups in total. The molecule has 0 saturated heterocycles. The third-order valence-corrected chi connectivity index (χ3v) is 4.50. The van der Waals surface area contributed by atoms with Crippen molar-refractivity contribution in [3.63, 3.8) is 0 Å². The number of carbonyl (C=O) groups is 1. The fraction of sp³-hybridized carbons (Fsp3) is 0.471. The van der Waals surface area contributed by atoms with E-state index in [9.17, 15) is 22.4 Å². The maximum Gasteiger partial charge on any atom is 0.406 e. The largest absolute Gasteiger partial charge is 0.451 e. The molecule has 1 fully saturated rings. The molecule has 130 valence electrons. The van der Waals surface area contributed by atoms with Crippen LogP contribution in [0.3, 0.4) is 0 Å². The van der Waals surface area contributed by atoms with Crippen LogP contribution in [0.5, 0.6) is 0 Å². The van der Waals surface area contributed by atoms with Gasteiger partial charge in [-0.15, -0.1) is 0 Å². The molecule has 1 aliphatic rings. The Labute approximate surface area is 136 Å². The second-order valence-corrected chi connectivity index (χ2v) is 6.32. The Morgan fingerprint density at radius 3 is 2.62 bits per heavy atom. The first-order valence-corrected chi connectivity index (χ1v) is 7.74. The van der Waals surface area contributed by atoms with Crippen LogP contribution in [0.4, 0.5) is 17.6 Å². The van der Waals surface area contributed by atoms with Gasteiger partial charge in [0, 0.05) is 17.0 Å². The monoisotopic (exact) mass is 343 g/mol. The van der Waals surface area contributed by atoms with E-state index in [2.05, 4.69) is 0 Å². The second-order valence-electron chi connectivity index (χ2n) is 6.32. The maximum atomic E-state index is 13.4. The number of alkyl halides is 3. The molecule has 0 radical (unpaired) electrons. The Morgan fingerprint density at radius 1 is 1.38 bits per heavy atom. The van der Waals surface area contributed by atoms with Gasteiger partial charge in [0.1, 0.15) is 17.9 Å². The lowest BCUT2D eigenvalue weighted by Gasteiger charge is -2.29. The maximum absolute atomic E-state index is 13.4. The van der Waals surface area contributed by atoms with Gasteiger partial charge in [0.25, 0.3) is 5.91 Å². The van der Waals surface area contributed by atoms with E-state index in [0.717, 1.165) is 17.7 Å². The lowest BCUT2D eigenvalue weighted by molar-refractivity contribution is -0.145. The fourth-order valence-corrected chi connectivity index (χ4v) is 2.95. The van der Waals surface area contributed by atoms with Crippen LogP contribution in [0.1, 0.15) is 35.9 Å². The van der Waals surface area contributed by atoms with Crippen LogP contribution in [0, 0.1) is 18.7 Å². The molecule has 1 atom stereocenters. The van der Waals surface area contributed by atoms with E-state index in [4.69, 9.17) is 4.42 Å². The van der Waals surface area contributed by atoms with Crippen LogP contribution in [0.15, 0.2) is 22.6 Å². The number of halogens is 4. The van der Waals surface area contributed by atoms with Crippen molar-refractivity contribution in [1.29, 1.82) is 0 Å². The van der Waals surface area contributed by atoms with Gasteiger partial charge in [0.05, 0.1) is 0 Å². The summed E-state index contributed by atoms with van der Waals surface area (Å²) >= 11 is 0. The molecule has 1 heterocycles. The van der Waals surface area contributed by atoms with Crippen molar-refractivity contribution in [3.05, 3.63) is 35.3 Å². The number of nitrogens with zero attached hydrogens (tertiary/aromatic N) is 1. The molecule has 3 rings (SSSR count). The van der Waals surface area contributed by atoms with Gasteiger partial charge in [-0.3, -0.25) is 4.79 Å². The van der Waals surface area contributed by atoms with Gasteiger partial charge in [-0.05, 0) is 50.8 Å². The highest BCUT2D eigenvalue weighted by Gasteiger charge is 2.41. The molecule has 3 nitrogen and oxygen atoms in total. The number of benzene rings is 1. The van der Waals surface area contributed by atoms with Gasteiger partial charge < -0.3 is 9.32 Å². The number of fused-ring (bicyclic) bond motifs is 1. The summed E-state index contributed by atoms with van der Waals surface area (Å²) in [4.78, 5) is 13.5. The van der Waals surface area contributed by atoms with Crippen molar-refractivity contribution >= 4 is 16.9 Å². The highest BCUT2D eigenvalue weighted by atomic mass is 19.4. The Bertz CT molecular complexity index is 777. The molecule has 24 heavy (non-hydrogen) atoms. The third-order valence-electron chi connectivity index (χ3n) is 4.50. The van der Waals surface area contributed by atoms with Gasteiger partial charge in [-0.2, -0.15) is 13.2 Å². The van der Waals surface area contributed by atoms with Gasteiger partial charge in [-0.1, -0.05) is 0 Å². The third kappa shape index (κ3) is 3.25. The van der Waals surface area contributed by atoms with E-state index in [1.807, 2.05) is 0 Å². The summed E-state index contributed by atoms with van der Waals surface area (Å²) < 4.78 is 57.5. The number of carbonyl (C=O) groups excluding carboxylic acids is 1. The van der Waals surface area contributed by atoms with Crippen LogP contribution in [0.25, 0.3) is 11.0 Å². The van der Waals surface area contributed by atoms with E-state index in [0.29, 0.717) is 10.9 Å². The van der Waals surface area contributed by atoms with Gasteiger partial charge in [-0.25, -0.2) is 4.39 Å². The SMILES string of the molecule is Cc1c(C(=O)N(CC(F)(F)F)C(C)C2CC2)oc2ccc(F)cc12. The first-order valence-electron chi connectivity index (χ1n) is 7.74. The fourth-order valence-electron chi connectivity index (χ4n) is 2.95. The van der Waals surface area contributed by atoms with Crippen molar-refractivity contribution in [2.45, 2.75) is 38.9 Å². The summed E-state index contributed by atoms with van der Waals surface area (Å²) in [5.74, 6) is -1.38. The molecular formula is C17H17F4NO2. The van der Waals surface area contributed by atoms with Crippen LogP contribution in [-0.2, 0) is 0 Å². The summed E-state index contributed by atoms with van der Waals surface area (Å²) in [6.45, 7) is 1.85. The van der Waals surface area contributed by atoms with Crippen LogP contribution in [0.2, 0.25) is 0 Å². The summed E-state index contributed by atoms with van der Waals surface area (Å²) in [6, 6.07) is 3.24. The lowest BCUT2D eigenvalue weighted by atomic mass is 10.1. The highest BCUT2D eigenvalue weighted by Crippen LogP contribution is 2.37. The number of hydrogen-bond acceptors (Lipinski definition) is 2. The molecule has 1 amide bonds. The molecule has 7 heteroatoms. The molecule has 0 aliphatic heterocycles. The molecule has 1 aromatic heterocycles. The van der Waals surface area contributed by atoms with Crippen molar-refractivity contribution in [3.8, 4) is 0 Å². The molecule has 0 spiro atoms. The quantitative estimate of drug-likeness (QED) is 0.755. The van der Waals surface area contributed by atoms with Gasteiger partial charge >= 0.3 is 6.18 Å². The van der Waals surface area contributed by atoms with E-state index in [1.165, 1.54) is 18.2 Å². The number of rotatable bonds is 4. The van der Waals surface area contributed by atoms with Crippen LogP contribution in [-0.4, -0.2) is 29.6 Å². The standard InChI is InChI=1S/C17H17F4NO2/c1-9-13-7-12(18)5-6-14(13)24-15(9)16(23)22(8-17(19,20)21)10(2)11-3-4-11/h5-7,10-11H,3-4,8H2,1-2H3. The summed E-state index contributed by atoms with van der Waals surface area (Å²) in [5, 5.41) is 0.393. The summed E-state index contributed by atoms with van der Waals surface area (Å²) in [5.41, 5.74) is 0.632. The number of aryl methyl sites for hydroxylation is 1. The first-order chi connectivity index (χ1) is 11.2. The van der Waals surface area contributed by atoms with Crippen molar-refractivity contribution < 1.29 is 26.8 Å². The predicted octanol–water partition coefficient (Wildman–Crippen LogP) is 4.68. The van der Waals surface area contributed by atoms with Crippen LogP contribution >= 0.6 is 0 Å². The number of amides is 1. The molecular weight excluding hydrogens is 326 g/mol. The summed E-state index contributed by atoms with van der Waals surface area (Å²) in [6.07, 6.45) is -2.87.